The van der Waals surface area contributed by atoms with E-state index in [1.54, 1.807) is 7.05 Å². The van der Waals surface area contributed by atoms with Gasteiger partial charge in [-0.1, -0.05) is 0 Å². The first kappa shape index (κ1) is 10.6. The number of rotatable bonds is 1. The number of halogens is 2. The van der Waals surface area contributed by atoms with Gasteiger partial charge in [-0.25, -0.2) is 9.07 Å². The Morgan fingerprint density at radius 3 is 2.67 bits per heavy atom. The maximum absolute atomic E-state index is 13.6. The van der Waals surface area contributed by atoms with Crippen molar-refractivity contribution in [1.82, 2.24) is 9.78 Å². The molecule has 0 aliphatic carbocycles. The van der Waals surface area contributed by atoms with E-state index in [0.717, 1.165) is 14.2 Å². The molecule has 2 aromatic rings. The van der Waals surface area contributed by atoms with Gasteiger partial charge in [-0.15, -0.1) is 11.3 Å². The molecule has 0 aliphatic rings. The molecule has 0 fully saturated rings. The Bertz CT molecular complexity index is 498. The Balaban J connectivity index is 2.59. The lowest BCUT2D eigenvalue weighted by Crippen LogP contribution is -1.97. The standard InChI is InChI=1S/C9H9BrFN3S/c1-4-3-5(15-8(4)10)7-6(11)9(12)14(2)13-7/h3H,12H2,1-2H3. The highest BCUT2D eigenvalue weighted by atomic mass is 79.9. The number of aryl methyl sites for hydroxylation is 2. The lowest BCUT2D eigenvalue weighted by Gasteiger charge is -1.88. The van der Waals surface area contributed by atoms with E-state index in [1.165, 1.54) is 16.0 Å². The van der Waals surface area contributed by atoms with E-state index in [2.05, 4.69) is 21.0 Å². The molecule has 80 valence electrons. The molecular formula is C9H9BrFN3S. The lowest BCUT2D eigenvalue weighted by molar-refractivity contribution is 0.634. The van der Waals surface area contributed by atoms with Crippen LogP contribution in [-0.4, -0.2) is 9.78 Å². The molecule has 0 aromatic carbocycles. The highest BCUT2D eigenvalue weighted by molar-refractivity contribution is 9.11. The number of anilines is 1. The molecule has 0 saturated carbocycles. The average Bonchev–Trinajstić information content (AvgIpc) is 2.63. The quantitative estimate of drug-likeness (QED) is 0.877. The molecule has 0 radical (unpaired) electrons. The van der Waals surface area contributed by atoms with Crippen LogP contribution in [0.4, 0.5) is 10.2 Å². The molecule has 0 amide bonds. The molecule has 0 atom stereocenters. The zero-order chi connectivity index (χ0) is 11.2. The lowest BCUT2D eigenvalue weighted by atomic mass is 10.3. The van der Waals surface area contributed by atoms with Crippen LogP contribution in [0.2, 0.25) is 0 Å². The third-order valence-corrected chi connectivity index (χ3v) is 4.27. The maximum atomic E-state index is 13.6. The Labute approximate surface area is 98.8 Å². The smallest absolute Gasteiger partial charge is 0.193 e. The van der Waals surface area contributed by atoms with Crippen molar-refractivity contribution in [3.8, 4) is 10.6 Å². The molecule has 3 nitrogen and oxygen atoms in total. The Kier molecular flexibility index (Phi) is 2.56. The van der Waals surface area contributed by atoms with Crippen LogP contribution in [0.5, 0.6) is 0 Å². The molecule has 6 heteroatoms. The third-order valence-electron chi connectivity index (χ3n) is 2.12. The van der Waals surface area contributed by atoms with E-state index in [0.29, 0.717) is 5.69 Å². The Hall–Kier alpha value is -0.880. The van der Waals surface area contributed by atoms with E-state index in [9.17, 15) is 4.39 Å². The molecule has 0 unspecified atom stereocenters. The van der Waals surface area contributed by atoms with Crippen molar-refractivity contribution in [2.75, 3.05) is 5.73 Å². The topological polar surface area (TPSA) is 43.8 Å². The van der Waals surface area contributed by atoms with Gasteiger partial charge in [0.25, 0.3) is 0 Å². The number of nitrogens with two attached hydrogens (primary N) is 1. The molecule has 2 N–H and O–H groups in total. The minimum Gasteiger partial charge on any atom is -0.381 e. The highest BCUT2D eigenvalue weighted by Crippen LogP contribution is 2.36. The largest absolute Gasteiger partial charge is 0.381 e. The van der Waals surface area contributed by atoms with Crippen molar-refractivity contribution in [1.29, 1.82) is 0 Å². The first-order valence-corrected chi connectivity index (χ1v) is 5.86. The minimum atomic E-state index is -0.453. The van der Waals surface area contributed by atoms with Crippen LogP contribution >= 0.6 is 27.3 Å². The van der Waals surface area contributed by atoms with Crippen molar-refractivity contribution < 1.29 is 4.39 Å². The summed E-state index contributed by atoms with van der Waals surface area (Å²) >= 11 is 4.84. The monoisotopic (exact) mass is 289 g/mol. The molecule has 2 aromatic heterocycles. The SMILES string of the molecule is Cc1cc(-c2nn(C)c(N)c2F)sc1Br. The number of aromatic nitrogens is 2. The second kappa shape index (κ2) is 3.61. The first-order chi connectivity index (χ1) is 7.00. The summed E-state index contributed by atoms with van der Waals surface area (Å²) in [5, 5.41) is 4.04. The summed E-state index contributed by atoms with van der Waals surface area (Å²) in [5.41, 5.74) is 6.89. The van der Waals surface area contributed by atoms with Crippen molar-refractivity contribution >= 4 is 33.1 Å². The van der Waals surface area contributed by atoms with Crippen molar-refractivity contribution in [3.05, 3.63) is 21.2 Å². The van der Waals surface area contributed by atoms with Crippen LogP contribution in [0.25, 0.3) is 10.6 Å². The summed E-state index contributed by atoms with van der Waals surface area (Å²) in [5.74, 6) is -0.390. The number of nitrogens with zero attached hydrogens (tertiary/aromatic N) is 2. The first-order valence-electron chi connectivity index (χ1n) is 4.25. The molecule has 2 rings (SSSR count). The summed E-state index contributed by atoms with van der Waals surface area (Å²) in [7, 11) is 1.62. The zero-order valence-corrected chi connectivity index (χ0v) is 10.6. The van der Waals surface area contributed by atoms with Gasteiger partial charge in [0.2, 0.25) is 0 Å². The van der Waals surface area contributed by atoms with E-state index in [-0.39, 0.29) is 5.82 Å². The Morgan fingerprint density at radius 2 is 2.27 bits per heavy atom. The second-order valence-electron chi connectivity index (χ2n) is 3.24. The molecule has 0 aliphatic heterocycles. The average molecular weight is 290 g/mol. The van der Waals surface area contributed by atoms with Crippen molar-refractivity contribution in [3.63, 3.8) is 0 Å². The van der Waals surface area contributed by atoms with Crippen molar-refractivity contribution in [2.24, 2.45) is 7.05 Å². The van der Waals surface area contributed by atoms with Gasteiger partial charge in [0.1, 0.15) is 5.69 Å². The van der Waals surface area contributed by atoms with Gasteiger partial charge in [-0.05, 0) is 34.5 Å². The van der Waals surface area contributed by atoms with Crippen LogP contribution < -0.4 is 5.73 Å². The predicted molar refractivity (Wildman–Crippen MR) is 63.3 cm³/mol. The van der Waals surface area contributed by atoms with Gasteiger partial charge in [0.15, 0.2) is 11.6 Å². The van der Waals surface area contributed by atoms with Crippen LogP contribution in [0.3, 0.4) is 0 Å². The predicted octanol–water partition coefficient (Wildman–Crippen LogP) is 2.94. The van der Waals surface area contributed by atoms with E-state index >= 15 is 0 Å². The number of thiophene rings is 1. The molecule has 0 spiro atoms. The van der Waals surface area contributed by atoms with E-state index in [1.807, 2.05) is 13.0 Å². The molecule has 0 saturated heterocycles. The number of nitrogen functional groups attached to an aromatic ring is 1. The minimum absolute atomic E-state index is 0.0622. The van der Waals surface area contributed by atoms with Crippen molar-refractivity contribution in [2.45, 2.75) is 6.92 Å². The van der Waals surface area contributed by atoms with Gasteiger partial charge >= 0.3 is 0 Å². The third kappa shape index (κ3) is 1.68. The molecule has 15 heavy (non-hydrogen) atoms. The zero-order valence-electron chi connectivity index (χ0n) is 8.21. The highest BCUT2D eigenvalue weighted by Gasteiger charge is 2.17. The van der Waals surface area contributed by atoms with Gasteiger partial charge in [0, 0.05) is 7.05 Å². The van der Waals surface area contributed by atoms with E-state index < -0.39 is 5.82 Å². The number of hydrogen-bond donors (Lipinski definition) is 1. The maximum Gasteiger partial charge on any atom is 0.193 e. The van der Waals surface area contributed by atoms with Gasteiger partial charge < -0.3 is 5.73 Å². The van der Waals surface area contributed by atoms with E-state index in [4.69, 9.17) is 5.73 Å². The molecule has 0 bridgehead atoms. The second-order valence-corrected chi connectivity index (χ2v) is 5.61. The van der Waals surface area contributed by atoms with Gasteiger partial charge in [-0.2, -0.15) is 5.10 Å². The fraction of sp³-hybridized carbons (Fsp3) is 0.222. The van der Waals surface area contributed by atoms with Gasteiger partial charge in [-0.3, -0.25) is 0 Å². The number of hydrogen-bond acceptors (Lipinski definition) is 3. The summed E-state index contributed by atoms with van der Waals surface area (Å²) in [6.07, 6.45) is 0. The van der Waals surface area contributed by atoms with Crippen LogP contribution in [0, 0.1) is 12.7 Å². The fourth-order valence-electron chi connectivity index (χ4n) is 1.25. The van der Waals surface area contributed by atoms with Gasteiger partial charge in [0.05, 0.1) is 8.66 Å². The summed E-state index contributed by atoms with van der Waals surface area (Å²) in [4.78, 5) is 0.782. The summed E-state index contributed by atoms with van der Waals surface area (Å²) in [6.45, 7) is 1.95. The molecular weight excluding hydrogens is 281 g/mol. The Morgan fingerprint density at radius 1 is 1.60 bits per heavy atom. The van der Waals surface area contributed by atoms with Crippen LogP contribution in [0.15, 0.2) is 9.85 Å². The van der Waals surface area contributed by atoms with Crippen LogP contribution in [0.1, 0.15) is 5.56 Å². The summed E-state index contributed by atoms with van der Waals surface area (Å²) < 4.78 is 16.0. The fourth-order valence-corrected chi connectivity index (χ4v) is 2.76. The van der Waals surface area contributed by atoms with Crippen LogP contribution in [-0.2, 0) is 7.05 Å². The normalized spacial score (nSPS) is 10.9. The summed E-state index contributed by atoms with van der Waals surface area (Å²) in [6, 6.07) is 1.89. The molecule has 2 heterocycles.